The molecule has 32 heavy (non-hydrogen) atoms. The summed E-state index contributed by atoms with van der Waals surface area (Å²) in [5, 5.41) is 12.1. The molecule has 1 aliphatic rings. The van der Waals surface area contributed by atoms with Gasteiger partial charge in [-0.2, -0.15) is 0 Å². The van der Waals surface area contributed by atoms with Gasteiger partial charge in [0, 0.05) is 10.6 Å². The Balaban J connectivity index is 1.63. The Morgan fingerprint density at radius 2 is 1.62 bits per heavy atom. The van der Waals surface area contributed by atoms with Crippen molar-refractivity contribution in [2.75, 3.05) is 5.32 Å². The third-order valence-corrected chi connectivity index (χ3v) is 5.54. The van der Waals surface area contributed by atoms with E-state index in [1.165, 1.54) is 41.3 Å². The van der Waals surface area contributed by atoms with Gasteiger partial charge in [-0.1, -0.05) is 41.9 Å². The lowest BCUT2D eigenvalue weighted by Gasteiger charge is -2.22. The van der Waals surface area contributed by atoms with E-state index in [0.717, 1.165) is 5.56 Å². The summed E-state index contributed by atoms with van der Waals surface area (Å²) >= 11 is 5.93. The first-order chi connectivity index (χ1) is 15.3. The molecule has 3 aromatic rings. The number of benzene rings is 3. The molecule has 0 unspecified atom stereocenters. The van der Waals surface area contributed by atoms with Crippen LogP contribution in [0.3, 0.4) is 0 Å². The van der Waals surface area contributed by atoms with Crippen molar-refractivity contribution >= 4 is 41.0 Å². The molecule has 0 saturated heterocycles. The molecule has 8 heteroatoms. The zero-order chi connectivity index (χ0) is 23.0. The Bertz CT molecular complexity index is 1270. The summed E-state index contributed by atoms with van der Waals surface area (Å²) in [6, 6.07) is 16.9. The topological polar surface area (TPSA) is 104 Å². The first-order valence-electron chi connectivity index (χ1n) is 9.69. The summed E-state index contributed by atoms with van der Waals surface area (Å²) < 4.78 is 0. The molecular formula is C24H17ClN2O5. The van der Waals surface area contributed by atoms with Gasteiger partial charge < -0.3 is 10.4 Å². The van der Waals surface area contributed by atoms with Gasteiger partial charge in [-0.15, -0.1) is 0 Å². The van der Waals surface area contributed by atoms with Crippen LogP contribution in [0.5, 0.6) is 0 Å². The normalized spacial score (nSPS) is 13.6. The average molecular weight is 449 g/mol. The fraction of sp³-hybridized carbons (Fsp3) is 0.0833. The van der Waals surface area contributed by atoms with Crippen LogP contribution in [0.2, 0.25) is 5.02 Å². The fourth-order valence-corrected chi connectivity index (χ4v) is 3.81. The van der Waals surface area contributed by atoms with E-state index in [2.05, 4.69) is 5.32 Å². The number of nitrogens with one attached hydrogen (secondary N) is 1. The highest BCUT2D eigenvalue weighted by molar-refractivity contribution is 6.31. The van der Waals surface area contributed by atoms with E-state index < -0.39 is 29.7 Å². The van der Waals surface area contributed by atoms with Crippen LogP contribution in [0, 0.1) is 0 Å². The number of hydrogen-bond acceptors (Lipinski definition) is 4. The Labute approximate surface area is 188 Å². The number of amides is 3. The third kappa shape index (κ3) is 3.74. The SMILES string of the molecule is C[C@H](c1ccccc1)N1C(=O)c2ccc(C(=O)Nc3cc(Cl)ccc3C(=O)O)cc2C1=O. The smallest absolute Gasteiger partial charge is 0.337 e. The largest absolute Gasteiger partial charge is 0.478 e. The van der Waals surface area contributed by atoms with Crippen LogP contribution in [-0.4, -0.2) is 33.7 Å². The van der Waals surface area contributed by atoms with Crippen LogP contribution in [-0.2, 0) is 0 Å². The maximum atomic E-state index is 13.0. The summed E-state index contributed by atoms with van der Waals surface area (Å²) in [5.41, 5.74) is 1.14. The molecule has 0 fully saturated rings. The number of carboxylic acids is 1. The van der Waals surface area contributed by atoms with E-state index in [1.807, 2.05) is 30.3 Å². The number of halogens is 1. The molecule has 7 nitrogen and oxygen atoms in total. The molecule has 2 N–H and O–H groups in total. The first kappa shape index (κ1) is 21.3. The summed E-state index contributed by atoms with van der Waals surface area (Å²) in [6.45, 7) is 1.76. The minimum atomic E-state index is -1.22. The molecule has 0 bridgehead atoms. The number of aromatic carboxylic acids is 1. The van der Waals surface area contributed by atoms with Crippen molar-refractivity contribution in [2.45, 2.75) is 13.0 Å². The number of carbonyl (C=O) groups excluding carboxylic acids is 3. The number of rotatable bonds is 5. The monoisotopic (exact) mass is 448 g/mol. The molecule has 4 rings (SSSR count). The standard InChI is InChI=1S/C24H17ClN2O5/c1-13(14-5-3-2-4-6-14)27-22(29)17-9-7-15(11-19(17)23(27)30)21(28)26-20-12-16(25)8-10-18(20)24(31)32/h2-13H,1H3,(H,26,28)(H,31,32)/t13-/m1/s1. The lowest BCUT2D eigenvalue weighted by Crippen LogP contribution is -2.32. The Hall–Kier alpha value is -3.97. The van der Waals surface area contributed by atoms with E-state index in [-0.39, 0.29) is 33.0 Å². The van der Waals surface area contributed by atoms with E-state index in [0.29, 0.717) is 0 Å². The van der Waals surface area contributed by atoms with Gasteiger partial charge in [0.2, 0.25) is 0 Å². The number of hydrogen-bond donors (Lipinski definition) is 2. The van der Waals surface area contributed by atoms with Crippen molar-refractivity contribution in [3.05, 3.63) is 99.6 Å². The van der Waals surface area contributed by atoms with Gasteiger partial charge in [-0.05, 0) is 48.9 Å². The van der Waals surface area contributed by atoms with Crippen LogP contribution < -0.4 is 5.32 Å². The maximum Gasteiger partial charge on any atom is 0.337 e. The highest BCUT2D eigenvalue weighted by atomic mass is 35.5. The maximum absolute atomic E-state index is 13.0. The first-order valence-corrected chi connectivity index (χ1v) is 10.1. The van der Waals surface area contributed by atoms with Crippen LogP contribution in [0.4, 0.5) is 5.69 Å². The number of fused-ring (bicyclic) bond motifs is 1. The zero-order valence-corrected chi connectivity index (χ0v) is 17.6. The molecule has 0 radical (unpaired) electrons. The highest BCUT2D eigenvalue weighted by Crippen LogP contribution is 2.32. The molecule has 0 saturated carbocycles. The molecule has 1 heterocycles. The van der Waals surface area contributed by atoms with Gasteiger partial charge in [0.1, 0.15) is 0 Å². The number of imide groups is 1. The van der Waals surface area contributed by atoms with Crippen LogP contribution >= 0.6 is 11.6 Å². The van der Waals surface area contributed by atoms with Gasteiger partial charge in [0.25, 0.3) is 17.7 Å². The van der Waals surface area contributed by atoms with E-state index >= 15 is 0 Å². The van der Waals surface area contributed by atoms with Gasteiger partial charge >= 0.3 is 5.97 Å². The van der Waals surface area contributed by atoms with Crippen LogP contribution in [0.25, 0.3) is 0 Å². The molecule has 3 aromatic carbocycles. The second-order valence-electron chi connectivity index (χ2n) is 7.28. The van der Waals surface area contributed by atoms with E-state index in [9.17, 15) is 24.3 Å². The number of carbonyl (C=O) groups is 4. The summed E-state index contributed by atoms with van der Waals surface area (Å²) in [4.78, 5) is 51.3. The minimum Gasteiger partial charge on any atom is -0.478 e. The molecule has 0 aliphatic carbocycles. The predicted octanol–water partition coefficient (Wildman–Crippen LogP) is 4.65. The molecule has 1 atom stereocenters. The zero-order valence-electron chi connectivity index (χ0n) is 16.8. The lowest BCUT2D eigenvalue weighted by atomic mass is 10.0. The molecule has 3 amide bonds. The molecule has 160 valence electrons. The van der Waals surface area contributed by atoms with Gasteiger partial charge in [-0.25, -0.2) is 4.79 Å². The molecular weight excluding hydrogens is 432 g/mol. The van der Waals surface area contributed by atoms with E-state index in [1.54, 1.807) is 6.92 Å². The Morgan fingerprint density at radius 1 is 0.938 bits per heavy atom. The van der Waals surface area contributed by atoms with Crippen LogP contribution in [0.15, 0.2) is 66.7 Å². The van der Waals surface area contributed by atoms with E-state index in [4.69, 9.17) is 11.6 Å². The highest BCUT2D eigenvalue weighted by Gasteiger charge is 2.39. The average Bonchev–Trinajstić information content (AvgIpc) is 3.03. The fourth-order valence-electron chi connectivity index (χ4n) is 3.63. The second kappa shape index (κ2) is 8.28. The van der Waals surface area contributed by atoms with Gasteiger partial charge in [0.15, 0.2) is 0 Å². The number of nitrogens with zero attached hydrogens (tertiary/aromatic N) is 1. The number of anilines is 1. The Morgan fingerprint density at radius 3 is 2.31 bits per heavy atom. The predicted molar refractivity (Wildman–Crippen MR) is 118 cm³/mol. The van der Waals surface area contributed by atoms with Crippen molar-refractivity contribution in [1.29, 1.82) is 0 Å². The van der Waals surface area contributed by atoms with Gasteiger partial charge in [0.05, 0.1) is 28.4 Å². The second-order valence-corrected chi connectivity index (χ2v) is 7.71. The molecule has 0 aromatic heterocycles. The summed E-state index contributed by atoms with van der Waals surface area (Å²) in [6.07, 6.45) is 0. The van der Waals surface area contributed by atoms with Gasteiger partial charge in [-0.3, -0.25) is 19.3 Å². The van der Waals surface area contributed by atoms with Crippen molar-refractivity contribution in [3.63, 3.8) is 0 Å². The molecule has 0 spiro atoms. The minimum absolute atomic E-state index is 0.0252. The molecule has 1 aliphatic heterocycles. The van der Waals surface area contributed by atoms with Crippen molar-refractivity contribution in [1.82, 2.24) is 4.90 Å². The third-order valence-electron chi connectivity index (χ3n) is 5.31. The quantitative estimate of drug-likeness (QED) is 0.553. The Kier molecular flexibility index (Phi) is 5.50. The van der Waals surface area contributed by atoms with Crippen molar-refractivity contribution < 1.29 is 24.3 Å². The van der Waals surface area contributed by atoms with Crippen molar-refractivity contribution in [2.24, 2.45) is 0 Å². The summed E-state index contributed by atoms with van der Waals surface area (Å²) in [7, 11) is 0. The van der Waals surface area contributed by atoms with Crippen LogP contribution in [0.1, 0.15) is 60.0 Å². The number of carboxylic acid groups (broad SMARTS) is 1. The lowest BCUT2D eigenvalue weighted by molar-refractivity contribution is 0.0593. The van der Waals surface area contributed by atoms with Crippen molar-refractivity contribution in [3.8, 4) is 0 Å². The summed E-state index contributed by atoms with van der Waals surface area (Å²) in [5.74, 6) is -2.79.